The molecule has 15 heavy (non-hydrogen) atoms. The number of hydrogen-bond acceptors (Lipinski definition) is 7. The summed E-state index contributed by atoms with van der Waals surface area (Å²) in [5.74, 6) is 0.916. The SMILES string of the molecule is CC(N)c1nnc(Nc2cccnn2)o1. The van der Waals surface area contributed by atoms with Crippen molar-refractivity contribution >= 4 is 11.8 Å². The first-order valence-electron chi connectivity index (χ1n) is 4.39. The molecule has 2 aromatic rings. The Morgan fingerprint density at radius 1 is 1.40 bits per heavy atom. The van der Waals surface area contributed by atoms with Gasteiger partial charge in [-0.3, -0.25) is 5.32 Å². The van der Waals surface area contributed by atoms with Gasteiger partial charge in [0.2, 0.25) is 5.89 Å². The van der Waals surface area contributed by atoms with Crippen molar-refractivity contribution in [1.29, 1.82) is 0 Å². The largest absolute Gasteiger partial charge is 0.406 e. The minimum atomic E-state index is -0.282. The second-order valence-electron chi connectivity index (χ2n) is 2.97. The van der Waals surface area contributed by atoms with Crippen LogP contribution in [-0.4, -0.2) is 20.4 Å². The maximum Gasteiger partial charge on any atom is 0.321 e. The first-order valence-corrected chi connectivity index (χ1v) is 4.39. The Morgan fingerprint density at radius 2 is 2.27 bits per heavy atom. The van der Waals surface area contributed by atoms with Gasteiger partial charge >= 0.3 is 6.01 Å². The molecule has 0 radical (unpaired) electrons. The number of nitrogens with one attached hydrogen (secondary N) is 1. The molecule has 2 aromatic heterocycles. The van der Waals surface area contributed by atoms with Crippen molar-refractivity contribution in [1.82, 2.24) is 20.4 Å². The Balaban J connectivity index is 2.12. The van der Waals surface area contributed by atoms with Crippen LogP contribution in [0.2, 0.25) is 0 Å². The molecule has 7 heteroatoms. The lowest BCUT2D eigenvalue weighted by Crippen LogP contribution is -2.04. The highest BCUT2D eigenvalue weighted by atomic mass is 16.4. The molecule has 78 valence electrons. The van der Waals surface area contributed by atoms with Gasteiger partial charge in [-0.1, -0.05) is 5.10 Å². The Morgan fingerprint density at radius 3 is 2.87 bits per heavy atom. The van der Waals surface area contributed by atoms with E-state index in [9.17, 15) is 0 Å². The van der Waals surface area contributed by atoms with Crippen molar-refractivity contribution in [2.75, 3.05) is 5.32 Å². The van der Waals surface area contributed by atoms with E-state index >= 15 is 0 Å². The van der Waals surface area contributed by atoms with Gasteiger partial charge in [0.15, 0.2) is 5.82 Å². The zero-order chi connectivity index (χ0) is 10.7. The van der Waals surface area contributed by atoms with Crippen LogP contribution in [-0.2, 0) is 0 Å². The van der Waals surface area contributed by atoms with Crippen molar-refractivity contribution in [3.8, 4) is 0 Å². The number of aromatic nitrogens is 4. The Kier molecular flexibility index (Phi) is 2.55. The summed E-state index contributed by atoms with van der Waals surface area (Å²) in [6.45, 7) is 1.76. The second kappa shape index (κ2) is 4.01. The number of nitrogens with two attached hydrogens (primary N) is 1. The Bertz CT molecular complexity index is 426. The van der Waals surface area contributed by atoms with Gasteiger partial charge in [0, 0.05) is 6.20 Å². The van der Waals surface area contributed by atoms with Gasteiger partial charge in [0.05, 0.1) is 6.04 Å². The molecule has 3 N–H and O–H groups in total. The predicted octanol–water partition coefficient (Wildman–Crippen LogP) is 0.623. The first kappa shape index (κ1) is 9.53. The summed E-state index contributed by atoms with van der Waals surface area (Å²) in [7, 11) is 0. The predicted molar refractivity (Wildman–Crippen MR) is 52.2 cm³/mol. The molecule has 0 amide bonds. The molecule has 0 aliphatic carbocycles. The number of rotatable bonds is 3. The summed E-state index contributed by atoms with van der Waals surface area (Å²) < 4.78 is 5.22. The lowest BCUT2D eigenvalue weighted by atomic mass is 10.4. The molecule has 2 rings (SSSR count). The van der Waals surface area contributed by atoms with Gasteiger partial charge < -0.3 is 10.2 Å². The third kappa shape index (κ3) is 2.26. The fraction of sp³-hybridized carbons (Fsp3) is 0.250. The molecule has 1 atom stereocenters. The minimum absolute atomic E-state index is 0.253. The zero-order valence-electron chi connectivity index (χ0n) is 8.08. The molecule has 0 aliphatic rings. The zero-order valence-corrected chi connectivity index (χ0v) is 8.08. The molecule has 0 aromatic carbocycles. The fourth-order valence-electron chi connectivity index (χ4n) is 0.947. The van der Waals surface area contributed by atoms with Crippen LogP contribution in [0.15, 0.2) is 22.7 Å². The van der Waals surface area contributed by atoms with E-state index in [1.54, 1.807) is 25.3 Å². The standard InChI is InChI=1S/C8H10N6O/c1-5(9)7-13-14-8(15-7)11-6-3-2-4-10-12-6/h2-5H,9H2,1H3,(H,11,12,14). The highest BCUT2D eigenvalue weighted by Crippen LogP contribution is 2.14. The quantitative estimate of drug-likeness (QED) is 0.758. The molecular formula is C8H10N6O. The highest BCUT2D eigenvalue weighted by molar-refractivity contribution is 5.43. The average molecular weight is 206 g/mol. The van der Waals surface area contributed by atoms with E-state index in [-0.39, 0.29) is 12.1 Å². The molecule has 0 saturated carbocycles. The third-order valence-corrected chi connectivity index (χ3v) is 1.64. The van der Waals surface area contributed by atoms with Gasteiger partial charge in [-0.2, -0.15) is 5.10 Å². The molecule has 0 bridgehead atoms. The van der Waals surface area contributed by atoms with Gasteiger partial charge in [0.1, 0.15) is 0 Å². The molecule has 0 spiro atoms. The molecule has 0 saturated heterocycles. The van der Waals surface area contributed by atoms with Crippen LogP contribution < -0.4 is 11.1 Å². The van der Waals surface area contributed by atoms with Gasteiger partial charge in [-0.25, -0.2) is 0 Å². The minimum Gasteiger partial charge on any atom is -0.406 e. The van der Waals surface area contributed by atoms with E-state index in [1.165, 1.54) is 0 Å². The van der Waals surface area contributed by atoms with Crippen molar-refractivity contribution in [2.45, 2.75) is 13.0 Å². The van der Waals surface area contributed by atoms with Crippen LogP contribution in [0, 0.1) is 0 Å². The van der Waals surface area contributed by atoms with Crippen LogP contribution in [0.5, 0.6) is 0 Å². The van der Waals surface area contributed by atoms with E-state index in [1.807, 2.05) is 0 Å². The average Bonchev–Trinajstić information content (AvgIpc) is 2.68. The molecule has 0 aliphatic heterocycles. The third-order valence-electron chi connectivity index (χ3n) is 1.64. The summed E-state index contributed by atoms with van der Waals surface area (Å²) in [5.41, 5.74) is 5.57. The number of hydrogen-bond donors (Lipinski definition) is 2. The van der Waals surface area contributed by atoms with Crippen molar-refractivity contribution in [3.05, 3.63) is 24.2 Å². The lowest BCUT2D eigenvalue weighted by molar-refractivity contribution is 0.475. The van der Waals surface area contributed by atoms with E-state index in [0.717, 1.165) is 0 Å². The van der Waals surface area contributed by atoms with Crippen LogP contribution in [0.25, 0.3) is 0 Å². The normalized spacial score (nSPS) is 12.4. The lowest BCUT2D eigenvalue weighted by Gasteiger charge is -1.97. The van der Waals surface area contributed by atoms with E-state index in [2.05, 4.69) is 25.7 Å². The van der Waals surface area contributed by atoms with E-state index in [4.69, 9.17) is 10.2 Å². The van der Waals surface area contributed by atoms with Crippen LogP contribution >= 0.6 is 0 Å². The molecular weight excluding hydrogens is 196 g/mol. The molecule has 0 fully saturated rings. The van der Waals surface area contributed by atoms with Crippen LogP contribution in [0.4, 0.5) is 11.8 Å². The number of nitrogens with zero attached hydrogens (tertiary/aromatic N) is 4. The van der Waals surface area contributed by atoms with E-state index < -0.39 is 0 Å². The maximum atomic E-state index is 5.57. The summed E-state index contributed by atoms with van der Waals surface area (Å²) in [4.78, 5) is 0. The summed E-state index contributed by atoms with van der Waals surface area (Å²) >= 11 is 0. The van der Waals surface area contributed by atoms with Crippen molar-refractivity contribution in [2.24, 2.45) is 5.73 Å². The molecule has 2 heterocycles. The van der Waals surface area contributed by atoms with Crippen molar-refractivity contribution < 1.29 is 4.42 Å². The topological polar surface area (TPSA) is 103 Å². The molecule has 7 nitrogen and oxygen atoms in total. The van der Waals surface area contributed by atoms with Gasteiger partial charge in [-0.05, 0) is 19.1 Å². The van der Waals surface area contributed by atoms with Gasteiger partial charge in [-0.15, -0.1) is 10.2 Å². The summed E-state index contributed by atoms with van der Waals surface area (Å²) in [5, 5.41) is 17.8. The van der Waals surface area contributed by atoms with E-state index in [0.29, 0.717) is 11.7 Å². The summed E-state index contributed by atoms with van der Waals surface area (Å²) in [6.07, 6.45) is 1.58. The smallest absolute Gasteiger partial charge is 0.321 e. The fourth-order valence-corrected chi connectivity index (χ4v) is 0.947. The first-order chi connectivity index (χ1) is 7.25. The Hall–Kier alpha value is -2.02. The van der Waals surface area contributed by atoms with Crippen LogP contribution in [0.3, 0.4) is 0 Å². The van der Waals surface area contributed by atoms with Crippen LogP contribution in [0.1, 0.15) is 18.9 Å². The second-order valence-corrected chi connectivity index (χ2v) is 2.97. The number of anilines is 2. The maximum absolute atomic E-state index is 5.57. The monoisotopic (exact) mass is 206 g/mol. The summed E-state index contributed by atoms with van der Waals surface area (Å²) in [6, 6.07) is 3.46. The molecule has 1 unspecified atom stereocenters. The Labute approximate surface area is 85.7 Å². The van der Waals surface area contributed by atoms with Crippen molar-refractivity contribution in [3.63, 3.8) is 0 Å². The van der Waals surface area contributed by atoms with Gasteiger partial charge in [0.25, 0.3) is 0 Å². The highest BCUT2D eigenvalue weighted by Gasteiger charge is 2.09.